The minimum absolute atomic E-state index is 0.370. The summed E-state index contributed by atoms with van der Waals surface area (Å²) in [7, 11) is 1.94. The first-order chi connectivity index (χ1) is 13.1. The van der Waals surface area contributed by atoms with Crippen LogP contribution in [0.1, 0.15) is 26.3 Å². The van der Waals surface area contributed by atoms with Crippen LogP contribution in [0.5, 0.6) is 5.75 Å². The molecule has 27 heavy (non-hydrogen) atoms. The van der Waals surface area contributed by atoms with Gasteiger partial charge in [0.15, 0.2) is 5.75 Å². The molecule has 4 heteroatoms. The second-order valence-electron chi connectivity index (χ2n) is 6.26. The number of hydrogen-bond acceptors (Lipinski definition) is 4. The molecular weight excluding hydrogens is 338 g/mol. The molecule has 0 bridgehead atoms. The highest BCUT2D eigenvalue weighted by atomic mass is 16.5. The maximum Gasteiger partial charge on any atom is 0.233 e. The summed E-state index contributed by atoms with van der Waals surface area (Å²) in [5, 5.41) is 0. The molecule has 0 N–H and O–H groups in total. The Hall–Kier alpha value is -3.66. The van der Waals surface area contributed by atoms with Crippen molar-refractivity contribution in [2.24, 2.45) is 0 Å². The molecule has 3 aromatic carbocycles. The van der Waals surface area contributed by atoms with Crippen molar-refractivity contribution < 1.29 is 14.3 Å². The lowest BCUT2D eigenvalue weighted by atomic mass is 10.0. The summed E-state index contributed by atoms with van der Waals surface area (Å²) in [4.78, 5) is 26.7. The molecule has 132 valence electrons. The molecule has 4 nitrogen and oxygen atoms in total. The zero-order valence-electron chi connectivity index (χ0n) is 14.8. The summed E-state index contributed by atoms with van der Waals surface area (Å²) in [6.45, 7) is 0. The van der Waals surface area contributed by atoms with Crippen LogP contribution in [-0.2, 0) is 0 Å². The summed E-state index contributed by atoms with van der Waals surface area (Å²) in [5.74, 6) is 0.500. The zero-order valence-corrected chi connectivity index (χ0v) is 14.8. The normalized spacial score (nSPS) is 14.0. The van der Waals surface area contributed by atoms with Crippen LogP contribution in [0.25, 0.3) is 6.08 Å². The van der Waals surface area contributed by atoms with Gasteiger partial charge in [-0.2, -0.15) is 0 Å². The van der Waals surface area contributed by atoms with Crippen LogP contribution in [0.15, 0.2) is 84.7 Å². The number of hydrogen-bond donors (Lipinski definition) is 0. The number of anilines is 1. The van der Waals surface area contributed by atoms with Gasteiger partial charge in [0, 0.05) is 24.3 Å². The molecule has 0 radical (unpaired) electrons. The molecule has 0 spiro atoms. The van der Waals surface area contributed by atoms with Gasteiger partial charge in [-0.05, 0) is 17.7 Å². The summed E-state index contributed by atoms with van der Waals surface area (Å²) >= 11 is 0. The lowest BCUT2D eigenvalue weighted by Crippen LogP contribution is -2.14. The Morgan fingerprint density at radius 1 is 0.778 bits per heavy atom. The van der Waals surface area contributed by atoms with Crippen molar-refractivity contribution in [1.82, 2.24) is 0 Å². The molecule has 0 aromatic heterocycles. The van der Waals surface area contributed by atoms with E-state index in [2.05, 4.69) is 0 Å². The van der Waals surface area contributed by atoms with E-state index in [1.807, 2.05) is 48.4 Å². The molecule has 0 unspecified atom stereocenters. The lowest BCUT2D eigenvalue weighted by molar-refractivity contribution is 0.0817. The van der Waals surface area contributed by atoms with Crippen LogP contribution in [0, 0.1) is 0 Å². The molecule has 0 fully saturated rings. The fraction of sp³-hybridized carbons (Fsp3) is 0.0435. The summed E-state index contributed by atoms with van der Waals surface area (Å²) < 4.78 is 5.86. The Morgan fingerprint density at radius 2 is 1.37 bits per heavy atom. The molecule has 3 aromatic rings. The van der Waals surface area contributed by atoms with E-state index >= 15 is 0 Å². The maximum atomic E-state index is 12.4. The van der Waals surface area contributed by atoms with Gasteiger partial charge in [-0.3, -0.25) is 9.59 Å². The van der Waals surface area contributed by atoms with Crippen molar-refractivity contribution in [3.05, 3.63) is 101 Å². The second kappa shape index (κ2) is 6.92. The van der Waals surface area contributed by atoms with Gasteiger partial charge >= 0.3 is 0 Å². The minimum Gasteiger partial charge on any atom is -0.439 e. The van der Waals surface area contributed by atoms with Gasteiger partial charge in [0.2, 0.25) is 17.4 Å². The third-order valence-corrected chi connectivity index (χ3v) is 4.48. The summed E-state index contributed by atoms with van der Waals surface area (Å²) in [6, 6.07) is 23.3. The van der Waals surface area contributed by atoms with Crippen LogP contribution < -0.4 is 9.64 Å². The van der Waals surface area contributed by atoms with Crippen molar-refractivity contribution in [2.75, 3.05) is 11.9 Å². The average molecular weight is 355 g/mol. The summed E-state index contributed by atoms with van der Waals surface area (Å²) in [6.07, 6.45) is 1.90. The first-order valence-corrected chi connectivity index (χ1v) is 8.60. The predicted octanol–water partition coefficient (Wildman–Crippen LogP) is 4.58. The number of ketones is 2. The van der Waals surface area contributed by atoms with Gasteiger partial charge in [0.25, 0.3) is 0 Å². The zero-order chi connectivity index (χ0) is 18.8. The topological polar surface area (TPSA) is 46.6 Å². The van der Waals surface area contributed by atoms with E-state index in [4.69, 9.17) is 4.74 Å². The maximum absolute atomic E-state index is 12.4. The number of benzene rings is 3. The number of Topliss-reactive ketones (excluding diaryl/α,β-unsaturated/α-hetero) is 2. The van der Waals surface area contributed by atoms with Crippen molar-refractivity contribution in [3.8, 4) is 5.75 Å². The molecule has 0 saturated heterocycles. The van der Waals surface area contributed by atoms with Crippen molar-refractivity contribution >= 4 is 23.3 Å². The first-order valence-electron chi connectivity index (χ1n) is 8.60. The van der Waals surface area contributed by atoms with E-state index in [9.17, 15) is 9.59 Å². The molecule has 1 heterocycles. The van der Waals surface area contributed by atoms with Crippen LogP contribution in [0.4, 0.5) is 5.69 Å². The Kier molecular flexibility index (Phi) is 4.30. The summed E-state index contributed by atoms with van der Waals surface area (Å²) in [5.41, 5.74) is 2.65. The van der Waals surface area contributed by atoms with Crippen molar-refractivity contribution in [3.63, 3.8) is 0 Å². The number of carbonyl (C=O) groups is 2. The SMILES string of the molecule is CN1C(=Cc2ccc(C(=O)C(=O)c3ccccc3)cc2)Oc2ccccc21. The molecule has 1 aliphatic heterocycles. The van der Waals surface area contributed by atoms with Crippen LogP contribution in [-0.4, -0.2) is 18.6 Å². The largest absolute Gasteiger partial charge is 0.439 e. The highest BCUT2D eigenvalue weighted by Crippen LogP contribution is 2.37. The number of carbonyl (C=O) groups excluding carboxylic acids is 2. The van der Waals surface area contributed by atoms with E-state index in [1.165, 1.54) is 0 Å². The van der Waals surface area contributed by atoms with Crippen molar-refractivity contribution in [1.29, 1.82) is 0 Å². The predicted molar refractivity (Wildman–Crippen MR) is 105 cm³/mol. The van der Waals surface area contributed by atoms with Gasteiger partial charge in [0.1, 0.15) is 0 Å². The van der Waals surface area contributed by atoms with Crippen LogP contribution in [0.2, 0.25) is 0 Å². The Morgan fingerprint density at radius 3 is 2.04 bits per heavy atom. The van der Waals surface area contributed by atoms with E-state index in [0.717, 1.165) is 17.0 Å². The van der Waals surface area contributed by atoms with Gasteiger partial charge in [-0.1, -0.05) is 66.7 Å². The molecule has 0 saturated carbocycles. The highest BCUT2D eigenvalue weighted by Gasteiger charge is 2.22. The van der Waals surface area contributed by atoms with Gasteiger partial charge < -0.3 is 9.64 Å². The van der Waals surface area contributed by atoms with E-state index in [-0.39, 0.29) is 0 Å². The van der Waals surface area contributed by atoms with E-state index < -0.39 is 11.6 Å². The standard InChI is InChI=1S/C23H17NO3/c1-24-19-9-5-6-10-20(19)27-21(24)15-16-11-13-18(14-12-16)23(26)22(25)17-7-3-2-4-8-17/h2-15H,1H3. The Bertz CT molecular complexity index is 1040. The monoisotopic (exact) mass is 355 g/mol. The minimum atomic E-state index is -0.512. The Labute approximate surface area is 157 Å². The molecule has 0 aliphatic carbocycles. The van der Waals surface area contributed by atoms with Gasteiger partial charge in [-0.15, -0.1) is 0 Å². The van der Waals surface area contributed by atoms with Crippen LogP contribution >= 0.6 is 0 Å². The third kappa shape index (κ3) is 3.25. The number of para-hydroxylation sites is 2. The van der Waals surface area contributed by atoms with Gasteiger partial charge in [0.05, 0.1) is 5.69 Å². The first kappa shape index (κ1) is 16.8. The molecule has 0 amide bonds. The van der Waals surface area contributed by atoms with E-state index in [0.29, 0.717) is 17.0 Å². The Balaban J connectivity index is 1.53. The molecule has 1 aliphatic rings. The lowest BCUT2D eigenvalue weighted by Gasteiger charge is -2.11. The quantitative estimate of drug-likeness (QED) is 0.508. The molecule has 0 atom stereocenters. The highest BCUT2D eigenvalue weighted by molar-refractivity contribution is 6.49. The third-order valence-electron chi connectivity index (χ3n) is 4.48. The van der Waals surface area contributed by atoms with E-state index in [1.54, 1.807) is 48.5 Å². The van der Waals surface area contributed by atoms with Crippen molar-refractivity contribution in [2.45, 2.75) is 0 Å². The fourth-order valence-electron chi connectivity index (χ4n) is 2.97. The average Bonchev–Trinajstić information content (AvgIpc) is 3.04. The number of nitrogens with zero attached hydrogens (tertiary/aromatic N) is 1. The van der Waals surface area contributed by atoms with Crippen LogP contribution in [0.3, 0.4) is 0 Å². The molecular formula is C23H17NO3. The van der Waals surface area contributed by atoms with Gasteiger partial charge in [-0.25, -0.2) is 0 Å². The number of fused-ring (bicyclic) bond motifs is 1. The second-order valence-corrected chi connectivity index (χ2v) is 6.26. The molecule has 4 rings (SSSR count). The smallest absolute Gasteiger partial charge is 0.233 e. The fourth-order valence-corrected chi connectivity index (χ4v) is 2.97. The number of ether oxygens (including phenoxy) is 1. The number of rotatable bonds is 4.